The van der Waals surface area contributed by atoms with Crippen LogP contribution in [0.3, 0.4) is 0 Å². The quantitative estimate of drug-likeness (QED) is 0.572. The Balaban J connectivity index is 1.46. The number of hydrogen-bond donors (Lipinski definition) is 1. The minimum Gasteiger partial charge on any atom is -0.467 e. The Morgan fingerprint density at radius 1 is 1.23 bits per heavy atom. The van der Waals surface area contributed by atoms with E-state index in [9.17, 15) is 9.18 Å². The van der Waals surface area contributed by atoms with Gasteiger partial charge in [-0.2, -0.15) is 0 Å². The van der Waals surface area contributed by atoms with Crippen molar-refractivity contribution in [2.45, 2.75) is 31.5 Å². The van der Waals surface area contributed by atoms with Gasteiger partial charge in [0.25, 0.3) is 0 Å². The number of carbonyl (C=O) groups excluding carboxylic acids is 1. The molecule has 3 heterocycles. The zero-order valence-corrected chi connectivity index (χ0v) is 17.6. The van der Waals surface area contributed by atoms with E-state index in [2.05, 4.69) is 27.3 Å². The van der Waals surface area contributed by atoms with Crippen molar-refractivity contribution in [3.63, 3.8) is 0 Å². The lowest BCUT2D eigenvalue weighted by Gasteiger charge is -2.31. The van der Waals surface area contributed by atoms with Crippen LogP contribution in [0.4, 0.5) is 16.0 Å². The topological polar surface area (TPSA) is 76.2 Å². The molecule has 1 aliphatic heterocycles. The molecule has 0 saturated carbocycles. The molecule has 0 bridgehead atoms. The summed E-state index contributed by atoms with van der Waals surface area (Å²) in [5.74, 6) is 1.97. The lowest BCUT2D eigenvalue weighted by atomic mass is 10.00. The first kappa shape index (κ1) is 20.5. The summed E-state index contributed by atoms with van der Waals surface area (Å²) in [6.45, 7) is 4.65. The number of piperidine rings is 1. The van der Waals surface area contributed by atoms with Gasteiger partial charge in [0.2, 0.25) is 11.9 Å². The van der Waals surface area contributed by atoms with Crippen LogP contribution in [0.2, 0.25) is 0 Å². The van der Waals surface area contributed by atoms with Crippen molar-refractivity contribution < 1.29 is 13.6 Å². The molecule has 0 spiro atoms. The summed E-state index contributed by atoms with van der Waals surface area (Å²) in [7, 11) is 0. The Kier molecular flexibility index (Phi) is 6.37. The summed E-state index contributed by atoms with van der Waals surface area (Å²) in [5, 5.41) is 12.2. The molecular formula is C21H24FN5O2S. The van der Waals surface area contributed by atoms with Crippen LogP contribution in [0.1, 0.15) is 25.5 Å². The summed E-state index contributed by atoms with van der Waals surface area (Å²) in [4.78, 5) is 14.6. The molecule has 9 heteroatoms. The van der Waals surface area contributed by atoms with Gasteiger partial charge < -0.3 is 14.6 Å². The lowest BCUT2D eigenvalue weighted by Crippen LogP contribution is -2.35. The average Bonchev–Trinajstić information content (AvgIpc) is 3.39. The highest BCUT2D eigenvalue weighted by atomic mass is 32.2. The van der Waals surface area contributed by atoms with Gasteiger partial charge >= 0.3 is 0 Å². The van der Waals surface area contributed by atoms with Gasteiger partial charge in [0.05, 0.1) is 18.6 Å². The Labute approximate surface area is 178 Å². The first-order valence-corrected chi connectivity index (χ1v) is 11.0. The number of halogens is 1. The first-order valence-electron chi connectivity index (χ1n) is 9.97. The molecule has 0 radical (unpaired) electrons. The van der Waals surface area contributed by atoms with E-state index in [4.69, 9.17) is 4.42 Å². The SMILES string of the molecule is CC1CCN(c2nnc(SCC(=O)Nc3ccc(F)cc3)n2Cc2ccco2)CC1. The number of furan rings is 1. The van der Waals surface area contributed by atoms with Crippen molar-refractivity contribution >= 4 is 29.3 Å². The molecule has 4 rings (SSSR count). The van der Waals surface area contributed by atoms with Gasteiger partial charge in [-0.25, -0.2) is 4.39 Å². The highest BCUT2D eigenvalue weighted by molar-refractivity contribution is 7.99. The molecule has 158 valence electrons. The monoisotopic (exact) mass is 429 g/mol. The van der Waals surface area contributed by atoms with E-state index in [-0.39, 0.29) is 17.5 Å². The van der Waals surface area contributed by atoms with E-state index < -0.39 is 0 Å². The van der Waals surface area contributed by atoms with Crippen LogP contribution in [0.5, 0.6) is 0 Å². The third-order valence-electron chi connectivity index (χ3n) is 5.12. The van der Waals surface area contributed by atoms with Gasteiger partial charge in [-0.05, 0) is 55.2 Å². The second kappa shape index (κ2) is 9.34. The molecule has 1 saturated heterocycles. The van der Waals surface area contributed by atoms with E-state index >= 15 is 0 Å². The number of nitrogens with one attached hydrogen (secondary N) is 1. The highest BCUT2D eigenvalue weighted by Crippen LogP contribution is 2.27. The maximum Gasteiger partial charge on any atom is 0.234 e. The average molecular weight is 430 g/mol. The molecule has 0 atom stereocenters. The molecule has 7 nitrogen and oxygen atoms in total. The third-order valence-corrected chi connectivity index (χ3v) is 6.08. The number of carbonyl (C=O) groups is 1. The van der Waals surface area contributed by atoms with E-state index in [1.165, 1.54) is 36.0 Å². The summed E-state index contributed by atoms with van der Waals surface area (Å²) in [6.07, 6.45) is 3.89. The predicted molar refractivity (Wildman–Crippen MR) is 114 cm³/mol. The Bertz CT molecular complexity index is 966. The number of rotatable bonds is 7. The van der Waals surface area contributed by atoms with Crippen molar-refractivity contribution in [1.82, 2.24) is 14.8 Å². The van der Waals surface area contributed by atoms with E-state index in [1.807, 2.05) is 16.7 Å². The van der Waals surface area contributed by atoms with Crippen LogP contribution in [-0.2, 0) is 11.3 Å². The minimum absolute atomic E-state index is 0.171. The smallest absolute Gasteiger partial charge is 0.234 e. The normalized spacial score (nSPS) is 14.8. The van der Waals surface area contributed by atoms with Gasteiger partial charge in [-0.3, -0.25) is 9.36 Å². The molecule has 0 aliphatic carbocycles. The van der Waals surface area contributed by atoms with E-state index in [0.29, 0.717) is 23.3 Å². The maximum atomic E-state index is 13.0. The van der Waals surface area contributed by atoms with Crippen LogP contribution < -0.4 is 10.2 Å². The molecule has 0 unspecified atom stereocenters. The van der Waals surface area contributed by atoms with Crippen LogP contribution in [0.15, 0.2) is 52.2 Å². The van der Waals surface area contributed by atoms with Gasteiger partial charge in [0.1, 0.15) is 11.6 Å². The van der Waals surface area contributed by atoms with Crippen LogP contribution in [0.25, 0.3) is 0 Å². The molecule has 1 aromatic carbocycles. The number of anilines is 2. The van der Waals surface area contributed by atoms with Crippen LogP contribution in [0, 0.1) is 11.7 Å². The van der Waals surface area contributed by atoms with Gasteiger partial charge in [-0.15, -0.1) is 10.2 Å². The van der Waals surface area contributed by atoms with E-state index in [0.717, 1.165) is 37.6 Å². The zero-order valence-electron chi connectivity index (χ0n) is 16.8. The van der Waals surface area contributed by atoms with Crippen molar-refractivity contribution in [3.05, 3.63) is 54.2 Å². The number of amides is 1. The van der Waals surface area contributed by atoms with Crippen molar-refractivity contribution in [2.75, 3.05) is 29.1 Å². The largest absolute Gasteiger partial charge is 0.467 e. The fourth-order valence-electron chi connectivity index (χ4n) is 3.39. The van der Waals surface area contributed by atoms with Crippen molar-refractivity contribution in [2.24, 2.45) is 5.92 Å². The lowest BCUT2D eigenvalue weighted by molar-refractivity contribution is -0.113. The molecule has 1 aliphatic rings. The van der Waals surface area contributed by atoms with Gasteiger partial charge in [0.15, 0.2) is 5.16 Å². The standard InChI is InChI=1S/C21H24FN5O2S/c1-15-8-10-26(11-9-15)20-24-25-21(27(20)13-18-3-2-12-29-18)30-14-19(28)23-17-6-4-16(22)5-7-17/h2-7,12,15H,8-11,13-14H2,1H3,(H,23,28). The Morgan fingerprint density at radius 3 is 2.70 bits per heavy atom. The molecule has 1 amide bonds. The number of nitrogens with zero attached hydrogens (tertiary/aromatic N) is 4. The fraction of sp³-hybridized carbons (Fsp3) is 0.381. The minimum atomic E-state index is -0.340. The fourth-order valence-corrected chi connectivity index (χ4v) is 4.12. The Morgan fingerprint density at radius 2 is 2.00 bits per heavy atom. The Hall–Kier alpha value is -2.81. The molecule has 2 aromatic heterocycles. The maximum absolute atomic E-state index is 13.0. The first-order chi connectivity index (χ1) is 14.6. The second-order valence-electron chi connectivity index (χ2n) is 7.46. The summed E-state index contributed by atoms with van der Waals surface area (Å²) in [5.41, 5.74) is 0.558. The van der Waals surface area contributed by atoms with Gasteiger partial charge in [0, 0.05) is 18.8 Å². The molecule has 1 fully saturated rings. The predicted octanol–water partition coefficient (Wildman–Crippen LogP) is 4.03. The van der Waals surface area contributed by atoms with Gasteiger partial charge in [-0.1, -0.05) is 18.7 Å². The van der Waals surface area contributed by atoms with Crippen LogP contribution >= 0.6 is 11.8 Å². The highest BCUT2D eigenvalue weighted by Gasteiger charge is 2.23. The number of thioether (sulfide) groups is 1. The zero-order chi connectivity index (χ0) is 20.9. The third kappa shape index (κ3) is 5.02. The molecule has 3 aromatic rings. The second-order valence-corrected chi connectivity index (χ2v) is 8.40. The summed E-state index contributed by atoms with van der Waals surface area (Å²) in [6, 6.07) is 9.46. The van der Waals surface area contributed by atoms with E-state index in [1.54, 1.807) is 6.26 Å². The molecule has 30 heavy (non-hydrogen) atoms. The number of benzene rings is 1. The molecule has 1 N–H and O–H groups in total. The number of hydrogen-bond acceptors (Lipinski definition) is 6. The van der Waals surface area contributed by atoms with Crippen molar-refractivity contribution in [1.29, 1.82) is 0 Å². The molecular weight excluding hydrogens is 405 g/mol. The number of aromatic nitrogens is 3. The van der Waals surface area contributed by atoms with Crippen LogP contribution in [-0.4, -0.2) is 39.5 Å². The summed E-state index contributed by atoms with van der Waals surface area (Å²) >= 11 is 1.32. The summed E-state index contributed by atoms with van der Waals surface area (Å²) < 4.78 is 20.6. The van der Waals surface area contributed by atoms with Crippen molar-refractivity contribution in [3.8, 4) is 0 Å².